The number of rotatable bonds is 2. The van der Waals surface area contributed by atoms with Crippen molar-refractivity contribution in [2.75, 3.05) is 11.9 Å². The Balaban J connectivity index is 2.55. The first-order valence-corrected chi connectivity index (χ1v) is 7.81. The van der Waals surface area contributed by atoms with Crippen molar-refractivity contribution in [2.24, 2.45) is 5.73 Å². The molecule has 0 bridgehead atoms. The van der Waals surface area contributed by atoms with Crippen LogP contribution < -0.4 is 11.1 Å². The number of hydrogen-bond acceptors (Lipinski definition) is 4. The van der Waals surface area contributed by atoms with Crippen molar-refractivity contribution in [2.45, 2.75) is 29.5 Å². The van der Waals surface area contributed by atoms with E-state index in [1.165, 1.54) is 0 Å². The maximum absolute atomic E-state index is 12.4. The summed E-state index contributed by atoms with van der Waals surface area (Å²) in [5.41, 5.74) is 6.17. The molecule has 0 aromatic heterocycles. The van der Waals surface area contributed by atoms with Gasteiger partial charge in [0.25, 0.3) is 0 Å². The molecular weight excluding hydrogens is 304 g/mol. The second-order valence-corrected chi connectivity index (χ2v) is 7.29. The number of hydrogen-bond donors (Lipinski definition) is 2. The van der Waals surface area contributed by atoms with Gasteiger partial charge in [-0.2, -0.15) is 0 Å². The maximum Gasteiger partial charge on any atom is 0.185 e. The first-order valence-electron chi connectivity index (χ1n) is 5.47. The van der Waals surface area contributed by atoms with Gasteiger partial charge in [-0.25, -0.2) is 8.42 Å². The number of nitrogens with two attached hydrogens (primary N) is 1. The van der Waals surface area contributed by atoms with Crippen molar-refractivity contribution in [1.29, 1.82) is 0 Å². The summed E-state index contributed by atoms with van der Waals surface area (Å²) < 4.78 is 25.6. The topological polar surface area (TPSA) is 72.2 Å². The lowest BCUT2D eigenvalue weighted by Gasteiger charge is -2.32. The molecule has 3 N–H and O–H groups in total. The second-order valence-electron chi connectivity index (χ2n) is 4.23. The minimum atomic E-state index is -3.29. The highest BCUT2D eigenvalue weighted by atomic mass is 79.9. The van der Waals surface area contributed by atoms with Gasteiger partial charge in [0.15, 0.2) is 9.84 Å². The number of nitrogens with one attached hydrogen (secondary N) is 1. The molecule has 1 aliphatic heterocycles. The van der Waals surface area contributed by atoms with Gasteiger partial charge in [0.1, 0.15) is 0 Å². The second kappa shape index (κ2) is 4.59. The van der Waals surface area contributed by atoms with Crippen molar-refractivity contribution in [3.63, 3.8) is 0 Å². The van der Waals surface area contributed by atoms with Crippen molar-refractivity contribution in [3.8, 4) is 0 Å². The zero-order valence-corrected chi connectivity index (χ0v) is 11.9. The van der Waals surface area contributed by atoms with Crippen LogP contribution in [0.5, 0.6) is 0 Å². The maximum atomic E-state index is 12.4. The Morgan fingerprint density at radius 3 is 2.82 bits per heavy atom. The summed E-state index contributed by atoms with van der Waals surface area (Å²) in [5, 5.41) is 2.77. The molecule has 2 rings (SSSR count). The van der Waals surface area contributed by atoms with Gasteiger partial charge >= 0.3 is 0 Å². The zero-order chi connectivity index (χ0) is 12.6. The van der Waals surface area contributed by atoms with E-state index in [9.17, 15) is 8.42 Å². The number of fused-ring (bicyclic) bond motifs is 1. The Morgan fingerprint density at radius 1 is 1.47 bits per heavy atom. The molecule has 17 heavy (non-hydrogen) atoms. The molecule has 0 spiro atoms. The van der Waals surface area contributed by atoms with Crippen LogP contribution in [0, 0.1) is 0 Å². The van der Waals surface area contributed by atoms with Gasteiger partial charge in [-0.05, 0) is 38.1 Å². The van der Waals surface area contributed by atoms with Crippen LogP contribution in [-0.2, 0) is 9.84 Å². The third kappa shape index (κ3) is 2.21. The molecule has 2 unspecified atom stereocenters. The van der Waals surface area contributed by atoms with Crippen molar-refractivity contribution in [3.05, 3.63) is 22.7 Å². The quantitative estimate of drug-likeness (QED) is 0.871. The highest BCUT2D eigenvalue weighted by Crippen LogP contribution is 2.35. The van der Waals surface area contributed by atoms with Crippen LogP contribution in [0.4, 0.5) is 5.69 Å². The Bertz CT molecular complexity index is 530. The fraction of sp³-hybridized carbons (Fsp3) is 0.455. The highest BCUT2D eigenvalue weighted by Gasteiger charge is 2.37. The Hall–Kier alpha value is -0.590. The van der Waals surface area contributed by atoms with Crippen LogP contribution in [0.25, 0.3) is 0 Å². The number of benzene rings is 1. The Labute approximate surface area is 110 Å². The number of anilines is 1. The lowest BCUT2D eigenvalue weighted by atomic mass is 10.1. The third-order valence-corrected chi connectivity index (χ3v) is 5.93. The molecule has 0 saturated carbocycles. The van der Waals surface area contributed by atoms with Gasteiger partial charge in [-0.3, -0.25) is 0 Å². The van der Waals surface area contributed by atoms with Crippen LogP contribution >= 0.6 is 15.9 Å². The SMILES string of the molecule is CC1Nc2ccc(Br)cc2S(=O)(=O)C1CCN. The number of sulfone groups is 1. The van der Waals surface area contributed by atoms with E-state index in [1.807, 2.05) is 13.0 Å². The lowest BCUT2D eigenvalue weighted by molar-refractivity contribution is 0.548. The van der Waals surface area contributed by atoms with E-state index in [2.05, 4.69) is 21.2 Å². The van der Waals surface area contributed by atoms with E-state index in [-0.39, 0.29) is 6.04 Å². The molecule has 94 valence electrons. The molecule has 0 radical (unpaired) electrons. The summed E-state index contributed by atoms with van der Waals surface area (Å²) in [6.07, 6.45) is 0.475. The average molecular weight is 319 g/mol. The first kappa shape index (κ1) is 12.9. The van der Waals surface area contributed by atoms with E-state index in [1.54, 1.807) is 12.1 Å². The fourth-order valence-electron chi connectivity index (χ4n) is 2.19. The highest BCUT2D eigenvalue weighted by molar-refractivity contribution is 9.10. The van der Waals surface area contributed by atoms with E-state index in [0.29, 0.717) is 23.5 Å². The molecule has 4 nitrogen and oxygen atoms in total. The van der Waals surface area contributed by atoms with Crippen LogP contribution in [0.15, 0.2) is 27.6 Å². The molecule has 0 aliphatic carbocycles. The largest absolute Gasteiger partial charge is 0.380 e. The van der Waals surface area contributed by atoms with Crippen molar-refractivity contribution < 1.29 is 8.42 Å². The number of halogens is 1. The molecule has 0 saturated heterocycles. The molecule has 1 aromatic carbocycles. The summed E-state index contributed by atoms with van der Waals surface area (Å²) in [6, 6.07) is 5.15. The van der Waals surface area contributed by atoms with Crippen LogP contribution in [-0.4, -0.2) is 26.3 Å². The molecule has 2 atom stereocenters. The predicted molar refractivity (Wildman–Crippen MR) is 71.9 cm³/mol. The molecule has 1 heterocycles. The fourth-order valence-corrected chi connectivity index (χ4v) is 4.81. The van der Waals surface area contributed by atoms with E-state index < -0.39 is 15.1 Å². The summed E-state index contributed by atoms with van der Waals surface area (Å²) in [7, 11) is -3.29. The van der Waals surface area contributed by atoms with Crippen molar-refractivity contribution >= 4 is 31.5 Å². The molecule has 6 heteroatoms. The molecule has 0 fully saturated rings. The minimum absolute atomic E-state index is 0.114. The lowest BCUT2D eigenvalue weighted by Crippen LogP contribution is -2.43. The molecule has 1 aromatic rings. The van der Waals surface area contributed by atoms with Crippen LogP contribution in [0.2, 0.25) is 0 Å². The van der Waals surface area contributed by atoms with E-state index >= 15 is 0 Å². The van der Waals surface area contributed by atoms with Crippen LogP contribution in [0.3, 0.4) is 0 Å². The van der Waals surface area contributed by atoms with Gasteiger partial charge < -0.3 is 11.1 Å². The van der Waals surface area contributed by atoms with Crippen LogP contribution in [0.1, 0.15) is 13.3 Å². The monoisotopic (exact) mass is 318 g/mol. The van der Waals surface area contributed by atoms with Crippen molar-refractivity contribution in [1.82, 2.24) is 0 Å². The van der Waals surface area contributed by atoms with Gasteiger partial charge in [-0.1, -0.05) is 15.9 Å². The summed E-state index contributed by atoms with van der Waals surface area (Å²) >= 11 is 3.30. The molecular formula is C11H15BrN2O2S. The first-order chi connectivity index (χ1) is 7.96. The van der Waals surface area contributed by atoms with E-state index in [4.69, 9.17) is 5.73 Å². The van der Waals surface area contributed by atoms with Gasteiger partial charge in [-0.15, -0.1) is 0 Å². The van der Waals surface area contributed by atoms with Gasteiger partial charge in [0.2, 0.25) is 0 Å². The summed E-state index contributed by atoms with van der Waals surface area (Å²) in [6.45, 7) is 2.25. The Morgan fingerprint density at radius 2 is 2.18 bits per heavy atom. The minimum Gasteiger partial charge on any atom is -0.380 e. The summed E-state index contributed by atoms with van der Waals surface area (Å²) in [5.74, 6) is 0. The Kier molecular flexibility index (Phi) is 3.47. The molecule has 0 amide bonds. The normalized spacial score (nSPS) is 26.1. The van der Waals surface area contributed by atoms with E-state index in [0.717, 1.165) is 4.47 Å². The summed E-state index contributed by atoms with van der Waals surface area (Å²) in [4.78, 5) is 0.364. The zero-order valence-electron chi connectivity index (χ0n) is 9.48. The third-order valence-electron chi connectivity index (χ3n) is 3.04. The smallest absolute Gasteiger partial charge is 0.185 e. The predicted octanol–water partition coefficient (Wildman–Crippen LogP) is 1.75. The van der Waals surface area contributed by atoms with Gasteiger partial charge in [0, 0.05) is 10.5 Å². The average Bonchev–Trinajstić information content (AvgIpc) is 2.26. The standard InChI is InChI=1S/C11H15BrN2O2S/c1-7-10(4-5-13)17(15,16)11-6-8(12)2-3-9(11)14-7/h2-3,6-7,10,14H,4-5,13H2,1H3. The molecule has 1 aliphatic rings. The van der Waals surface area contributed by atoms with Gasteiger partial charge in [0.05, 0.1) is 15.8 Å².